The van der Waals surface area contributed by atoms with E-state index in [-0.39, 0.29) is 22.7 Å². The quantitative estimate of drug-likeness (QED) is 0.736. The lowest BCUT2D eigenvalue weighted by Gasteiger charge is -2.07. The zero-order chi connectivity index (χ0) is 18.1. The molecule has 0 spiro atoms. The van der Waals surface area contributed by atoms with Crippen LogP contribution in [0.15, 0.2) is 10.4 Å². The highest BCUT2D eigenvalue weighted by Crippen LogP contribution is 2.68. The van der Waals surface area contributed by atoms with Gasteiger partial charge in [-0.2, -0.15) is 4.99 Å². The van der Waals surface area contributed by atoms with E-state index in [9.17, 15) is 9.59 Å². The molecule has 7 heteroatoms. The van der Waals surface area contributed by atoms with Gasteiger partial charge in [0.05, 0.1) is 19.1 Å². The SMILES string of the molecule is CCOC(=O)c1csc(=NC(=O)C2C(C)(C)C2(C)C)n1CCOC. The lowest BCUT2D eigenvalue weighted by Crippen LogP contribution is -2.25. The zero-order valence-corrected chi connectivity index (χ0v) is 16.0. The van der Waals surface area contributed by atoms with Gasteiger partial charge in [-0.3, -0.25) is 4.79 Å². The van der Waals surface area contributed by atoms with Gasteiger partial charge in [0.15, 0.2) is 4.80 Å². The average Bonchev–Trinajstić information content (AvgIpc) is 2.78. The van der Waals surface area contributed by atoms with Crippen LogP contribution in [0.25, 0.3) is 0 Å². The summed E-state index contributed by atoms with van der Waals surface area (Å²) in [6.45, 7) is 11.3. The molecule has 1 aromatic heterocycles. The van der Waals surface area contributed by atoms with Crippen LogP contribution >= 0.6 is 11.3 Å². The summed E-state index contributed by atoms with van der Waals surface area (Å²) in [6.07, 6.45) is 0. The summed E-state index contributed by atoms with van der Waals surface area (Å²) in [6, 6.07) is 0. The van der Waals surface area contributed by atoms with E-state index in [0.29, 0.717) is 30.3 Å². The maximum atomic E-state index is 12.6. The number of ether oxygens (including phenoxy) is 2. The predicted octanol–water partition coefficient (Wildman–Crippen LogP) is 2.48. The number of carbonyl (C=O) groups excluding carboxylic acids is 2. The first-order chi connectivity index (χ1) is 11.2. The smallest absolute Gasteiger partial charge is 0.355 e. The summed E-state index contributed by atoms with van der Waals surface area (Å²) in [5.74, 6) is -0.645. The van der Waals surface area contributed by atoms with E-state index in [1.165, 1.54) is 11.3 Å². The maximum absolute atomic E-state index is 12.6. The monoisotopic (exact) mass is 354 g/mol. The Morgan fingerprint density at radius 3 is 2.42 bits per heavy atom. The molecule has 2 rings (SSSR count). The van der Waals surface area contributed by atoms with Crippen LogP contribution in [0.1, 0.15) is 45.1 Å². The van der Waals surface area contributed by atoms with Crippen LogP contribution in [-0.4, -0.2) is 36.8 Å². The van der Waals surface area contributed by atoms with E-state index in [1.54, 1.807) is 24.0 Å². The van der Waals surface area contributed by atoms with Crippen molar-refractivity contribution in [3.05, 3.63) is 15.9 Å². The summed E-state index contributed by atoms with van der Waals surface area (Å²) in [4.78, 5) is 29.5. The van der Waals surface area contributed by atoms with Crippen molar-refractivity contribution in [3.8, 4) is 0 Å². The third-order valence-electron chi connectivity index (χ3n) is 5.27. The van der Waals surface area contributed by atoms with Crippen molar-refractivity contribution >= 4 is 23.2 Å². The minimum absolute atomic E-state index is 0.0633. The van der Waals surface area contributed by atoms with Crippen molar-refractivity contribution in [2.45, 2.75) is 41.2 Å². The average molecular weight is 354 g/mol. The van der Waals surface area contributed by atoms with Crippen molar-refractivity contribution in [2.24, 2.45) is 21.7 Å². The van der Waals surface area contributed by atoms with E-state index in [2.05, 4.69) is 32.7 Å². The fourth-order valence-corrected chi connectivity index (χ4v) is 4.06. The molecule has 1 aliphatic rings. The number of hydrogen-bond donors (Lipinski definition) is 0. The molecule has 0 saturated heterocycles. The summed E-state index contributed by atoms with van der Waals surface area (Å²) >= 11 is 1.27. The van der Waals surface area contributed by atoms with Crippen LogP contribution in [-0.2, 0) is 20.8 Å². The Bertz CT molecular complexity index is 686. The summed E-state index contributed by atoms with van der Waals surface area (Å²) in [7, 11) is 1.59. The van der Waals surface area contributed by atoms with Crippen molar-refractivity contribution in [1.29, 1.82) is 0 Å². The Kier molecular flexibility index (Phi) is 5.34. The first-order valence-electron chi connectivity index (χ1n) is 8.11. The molecule has 1 aliphatic carbocycles. The lowest BCUT2D eigenvalue weighted by atomic mass is 10.0. The van der Waals surface area contributed by atoms with E-state index >= 15 is 0 Å². The van der Waals surface area contributed by atoms with Crippen LogP contribution in [0.5, 0.6) is 0 Å². The predicted molar refractivity (Wildman–Crippen MR) is 91.8 cm³/mol. The molecular weight excluding hydrogens is 328 g/mol. The number of methoxy groups -OCH3 is 1. The van der Waals surface area contributed by atoms with Gasteiger partial charge >= 0.3 is 5.97 Å². The Balaban J connectivity index is 2.36. The van der Waals surface area contributed by atoms with Crippen LogP contribution in [0.3, 0.4) is 0 Å². The standard InChI is InChI=1S/C17H26N2O4S/c1-7-23-14(21)11-10-24-15(19(11)8-9-22-6)18-13(20)12-16(2,3)17(12,4)5/h10,12H,7-9H2,1-6H3. The minimum atomic E-state index is -0.411. The number of thiazole rings is 1. The normalized spacial score (nSPS) is 19.3. The van der Waals surface area contributed by atoms with Crippen LogP contribution in [0.2, 0.25) is 0 Å². The Morgan fingerprint density at radius 2 is 1.92 bits per heavy atom. The first-order valence-corrected chi connectivity index (χ1v) is 8.99. The molecule has 1 aromatic rings. The molecule has 1 amide bonds. The highest BCUT2D eigenvalue weighted by Gasteiger charge is 2.68. The van der Waals surface area contributed by atoms with Gasteiger partial charge in [0.25, 0.3) is 5.91 Å². The fourth-order valence-electron chi connectivity index (χ4n) is 3.16. The summed E-state index contributed by atoms with van der Waals surface area (Å²) in [5.41, 5.74) is 0.276. The fraction of sp³-hybridized carbons (Fsp3) is 0.706. The topological polar surface area (TPSA) is 69.9 Å². The van der Waals surface area contributed by atoms with Gasteiger partial charge in [-0.05, 0) is 17.8 Å². The van der Waals surface area contributed by atoms with Crippen LogP contribution in [0.4, 0.5) is 0 Å². The Morgan fingerprint density at radius 1 is 1.29 bits per heavy atom. The summed E-state index contributed by atoms with van der Waals surface area (Å²) in [5, 5.41) is 1.68. The van der Waals surface area contributed by atoms with Crippen molar-refractivity contribution in [2.75, 3.05) is 20.3 Å². The molecule has 1 heterocycles. The first kappa shape index (κ1) is 18.9. The number of carbonyl (C=O) groups is 2. The van der Waals surface area contributed by atoms with E-state index in [0.717, 1.165) is 0 Å². The number of amides is 1. The number of aromatic nitrogens is 1. The molecule has 0 unspecified atom stereocenters. The molecule has 0 aliphatic heterocycles. The zero-order valence-electron chi connectivity index (χ0n) is 15.2. The Labute approximate surface area is 146 Å². The lowest BCUT2D eigenvalue weighted by molar-refractivity contribution is -0.120. The highest BCUT2D eigenvalue weighted by atomic mass is 32.1. The van der Waals surface area contributed by atoms with E-state index in [1.807, 2.05) is 0 Å². The second-order valence-electron chi connectivity index (χ2n) is 7.09. The molecule has 0 radical (unpaired) electrons. The van der Waals surface area contributed by atoms with Crippen molar-refractivity contribution < 1.29 is 19.1 Å². The number of nitrogens with zero attached hydrogens (tertiary/aromatic N) is 2. The second kappa shape index (κ2) is 6.80. The van der Waals surface area contributed by atoms with Crippen molar-refractivity contribution in [3.63, 3.8) is 0 Å². The molecule has 0 bridgehead atoms. The van der Waals surface area contributed by atoms with Crippen molar-refractivity contribution in [1.82, 2.24) is 4.57 Å². The molecular formula is C17H26N2O4S. The van der Waals surface area contributed by atoms with Crippen LogP contribution < -0.4 is 4.80 Å². The third-order valence-corrected chi connectivity index (χ3v) is 6.14. The molecule has 0 N–H and O–H groups in total. The number of esters is 1. The third kappa shape index (κ3) is 3.19. The molecule has 0 aromatic carbocycles. The van der Waals surface area contributed by atoms with Gasteiger partial charge in [-0.25, -0.2) is 4.79 Å². The minimum Gasteiger partial charge on any atom is -0.461 e. The van der Waals surface area contributed by atoms with Gasteiger partial charge in [0, 0.05) is 19.0 Å². The molecule has 1 fully saturated rings. The molecule has 6 nitrogen and oxygen atoms in total. The van der Waals surface area contributed by atoms with Crippen LogP contribution in [0, 0.1) is 16.7 Å². The molecule has 0 atom stereocenters. The van der Waals surface area contributed by atoms with Gasteiger partial charge in [0.2, 0.25) is 0 Å². The van der Waals surface area contributed by atoms with Gasteiger partial charge in [0.1, 0.15) is 5.69 Å². The molecule has 24 heavy (non-hydrogen) atoms. The highest BCUT2D eigenvalue weighted by molar-refractivity contribution is 7.07. The molecule has 134 valence electrons. The van der Waals surface area contributed by atoms with Gasteiger partial charge < -0.3 is 14.0 Å². The Hall–Kier alpha value is -1.47. The number of rotatable bonds is 6. The van der Waals surface area contributed by atoms with Gasteiger partial charge in [-0.1, -0.05) is 27.7 Å². The van der Waals surface area contributed by atoms with Gasteiger partial charge in [-0.15, -0.1) is 11.3 Å². The van der Waals surface area contributed by atoms with E-state index < -0.39 is 5.97 Å². The number of hydrogen-bond acceptors (Lipinski definition) is 5. The largest absolute Gasteiger partial charge is 0.461 e. The second-order valence-corrected chi connectivity index (χ2v) is 7.93. The van der Waals surface area contributed by atoms with E-state index in [4.69, 9.17) is 9.47 Å². The summed E-state index contributed by atoms with van der Waals surface area (Å²) < 4.78 is 11.9. The molecule has 1 saturated carbocycles. The maximum Gasteiger partial charge on any atom is 0.355 e.